The van der Waals surface area contributed by atoms with Crippen molar-refractivity contribution in [2.45, 2.75) is 19.9 Å². The summed E-state index contributed by atoms with van der Waals surface area (Å²) in [6, 6.07) is 5.40. The lowest BCUT2D eigenvalue weighted by Crippen LogP contribution is -2.45. The van der Waals surface area contributed by atoms with Gasteiger partial charge < -0.3 is 16.0 Å². The standard InChI is InChI=1S/C14H22BrN3O/c1-9(2)13(8-18(3)4)17-14(19)11-6-5-10(15)7-12(11)16/h5-7,9,13H,8,16H2,1-4H3,(H,17,19). The molecule has 106 valence electrons. The van der Waals surface area contributed by atoms with E-state index in [1.54, 1.807) is 12.1 Å². The third-order valence-electron chi connectivity index (χ3n) is 2.94. The van der Waals surface area contributed by atoms with Crippen LogP contribution in [0.2, 0.25) is 0 Å². The molecule has 0 saturated carbocycles. The lowest BCUT2D eigenvalue weighted by molar-refractivity contribution is 0.0917. The van der Waals surface area contributed by atoms with Crippen molar-refractivity contribution in [1.29, 1.82) is 0 Å². The Hall–Kier alpha value is -1.07. The molecule has 1 rings (SSSR count). The minimum Gasteiger partial charge on any atom is -0.398 e. The molecule has 1 amide bonds. The zero-order valence-electron chi connectivity index (χ0n) is 11.9. The van der Waals surface area contributed by atoms with Gasteiger partial charge in [-0.1, -0.05) is 29.8 Å². The van der Waals surface area contributed by atoms with Crippen LogP contribution in [-0.4, -0.2) is 37.5 Å². The summed E-state index contributed by atoms with van der Waals surface area (Å²) >= 11 is 3.33. The predicted octanol–water partition coefficient (Wildman–Crippen LogP) is 2.35. The van der Waals surface area contributed by atoms with Gasteiger partial charge in [0, 0.05) is 22.7 Å². The number of carbonyl (C=O) groups excluding carboxylic acids is 1. The maximum Gasteiger partial charge on any atom is 0.253 e. The van der Waals surface area contributed by atoms with E-state index in [9.17, 15) is 4.79 Å². The molecule has 0 aliphatic carbocycles. The highest BCUT2D eigenvalue weighted by Crippen LogP contribution is 2.19. The first-order valence-corrected chi connectivity index (χ1v) is 7.11. The van der Waals surface area contributed by atoms with E-state index in [4.69, 9.17) is 5.73 Å². The molecule has 19 heavy (non-hydrogen) atoms. The Labute approximate surface area is 123 Å². The van der Waals surface area contributed by atoms with E-state index in [0.29, 0.717) is 17.2 Å². The van der Waals surface area contributed by atoms with Crippen LogP contribution in [0, 0.1) is 5.92 Å². The lowest BCUT2D eigenvalue weighted by atomic mass is 10.0. The Kier molecular flexibility index (Phi) is 5.82. The third kappa shape index (κ3) is 4.84. The second-order valence-electron chi connectivity index (χ2n) is 5.32. The van der Waals surface area contributed by atoms with Crippen LogP contribution in [-0.2, 0) is 0 Å². The second kappa shape index (κ2) is 6.91. The van der Waals surface area contributed by atoms with E-state index in [2.05, 4.69) is 40.0 Å². The number of benzene rings is 1. The van der Waals surface area contributed by atoms with Crippen molar-refractivity contribution in [3.05, 3.63) is 28.2 Å². The van der Waals surface area contributed by atoms with E-state index in [1.807, 2.05) is 20.2 Å². The molecule has 0 aliphatic rings. The predicted molar refractivity (Wildman–Crippen MR) is 83.2 cm³/mol. The monoisotopic (exact) mass is 327 g/mol. The Morgan fingerprint density at radius 2 is 2.05 bits per heavy atom. The van der Waals surface area contributed by atoms with Crippen LogP contribution >= 0.6 is 15.9 Å². The second-order valence-corrected chi connectivity index (χ2v) is 6.23. The molecule has 0 saturated heterocycles. The van der Waals surface area contributed by atoms with Gasteiger partial charge in [0.15, 0.2) is 0 Å². The number of nitrogen functional groups attached to an aromatic ring is 1. The minimum absolute atomic E-state index is 0.102. The zero-order chi connectivity index (χ0) is 14.6. The summed E-state index contributed by atoms with van der Waals surface area (Å²) in [5, 5.41) is 3.05. The fourth-order valence-electron chi connectivity index (χ4n) is 1.80. The normalized spacial score (nSPS) is 12.8. The van der Waals surface area contributed by atoms with E-state index in [1.165, 1.54) is 0 Å². The lowest BCUT2D eigenvalue weighted by Gasteiger charge is -2.25. The number of halogens is 1. The van der Waals surface area contributed by atoms with Gasteiger partial charge in [-0.05, 0) is 38.2 Å². The number of anilines is 1. The average molecular weight is 328 g/mol. The molecule has 4 nitrogen and oxygen atoms in total. The van der Waals surface area contributed by atoms with Crippen LogP contribution in [0.15, 0.2) is 22.7 Å². The van der Waals surface area contributed by atoms with Crippen molar-refractivity contribution in [3.8, 4) is 0 Å². The van der Waals surface area contributed by atoms with Crippen LogP contribution in [0.4, 0.5) is 5.69 Å². The number of carbonyl (C=O) groups is 1. The smallest absolute Gasteiger partial charge is 0.253 e. The number of nitrogens with zero attached hydrogens (tertiary/aromatic N) is 1. The van der Waals surface area contributed by atoms with Gasteiger partial charge in [0.25, 0.3) is 5.91 Å². The van der Waals surface area contributed by atoms with Gasteiger partial charge in [-0.3, -0.25) is 4.79 Å². The molecule has 5 heteroatoms. The fraction of sp³-hybridized carbons (Fsp3) is 0.500. The third-order valence-corrected chi connectivity index (χ3v) is 3.43. The Morgan fingerprint density at radius 3 is 2.53 bits per heavy atom. The summed E-state index contributed by atoms with van der Waals surface area (Å²) in [6.07, 6.45) is 0. The molecule has 1 unspecified atom stereocenters. The highest BCUT2D eigenvalue weighted by atomic mass is 79.9. The van der Waals surface area contributed by atoms with Gasteiger partial charge >= 0.3 is 0 Å². The Bertz CT molecular complexity index is 446. The summed E-state index contributed by atoms with van der Waals surface area (Å²) < 4.78 is 0.871. The highest BCUT2D eigenvalue weighted by Gasteiger charge is 2.19. The van der Waals surface area contributed by atoms with Gasteiger partial charge in [0.2, 0.25) is 0 Å². The van der Waals surface area contributed by atoms with Crippen molar-refractivity contribution >= 4 is 27.5 Å². The first kappa shape index (κ1) is 16.0. The van der Waals surface area contributed by atoms with Crippen LogP contribution in [0.25, 0.3) is 0 Å². The van der Waals surface area contributed by atoms with E-state index in [-0.39, 0.29) is 11.9 Å². The minimum atomic E-state index is -0.120. The van der Waals surface area contributed by atoms with Gasteiger partial charge in [-0.15, -0.1) is 0 Å². The first-order chi connectivity index (χ1) is 8.81. The van der Waals surface area contributed by atoms with Gasteiger partial charge in [0.1, 0.15) is 0 Å². The van der Waals surface area contributed by atoms with Crippen molar-refractivity contribution in [3.63, 3.8) is 0 Å². The average Bonchev–Trinajstić information content (AvgIpc) is 2.26. The SMILES string of the molecule is CC(C)C(CN(C)C)NC(=O)c1ccc(Br)cc1N. The summed E-state index contributed by atoms with van der Waals surface area (Å²) in [6.45, 7) is 5.00. The van der Waals surface area contributed by atoms with Gasteiger partial charge in [0.05, 0.1) is 5.56 Å². The molecule has 1 aromatic carbocycles. The highest BCUT2D eigenvalue weighted by molar-refractivity contribution is 9.10. The molecule has 0 radical (unpaired) electrons. The topological polar surface area (TPSA) is 58.4 Å². The first-order valence-electron chi connectivity index (χ1n) is 6.32. The molecule has 0 spiro atoms. The van der Waals surface area contributed by atoms with Crippen molar-refractivity contribution in [1.82, 2.24) is 10.2 Å². The summed E-state index contributed by atoms with van der Waals surface area (Å²) in [4.78, 5) is 14.3. The molecule has 0 aromatic heterocycles. The molecule has 0 bridgehead atoms. The summed E-state index contributed by atoms with van der Waals surface area (Å²) in [5.74, 6) is 0.244. The maximum absolute atomic E-state index is 12.2. The van der Waals surface area contributed by atoms with Gasteiger partial charge in [-0.25, -0.2) is 0 Å². The fourth-order valence-corrected chi connectivity index (χ4v) is 2.18. The maximum atomic E-state index is 12.2. The molecule has 1 aromatic rings. The molecule has 0 fully saturated rings. The van der Waals surface area contributed by atoms with E-state index in [0.717, 1.165) is 11.0 Å². The van der Waals surface area contributed by atoms with Crippen LogP contribution < -0.4 is 11.1 Å². The van der Waals surface area contributed by atoms with Crippen LogP contribution in [0.1, 0.15) is 24.2 Å². The number of rotatable bonds is 5. The van der Waals surface area contributed by atoms with Crippen molar-refractivity contribution in [2.75, 3.05) is 26.4 Å². The van der Waals surface area contributed by atoms with Crippen molar-refractivity contribution in [2.24, 2.45) is 5.92 Å². The van der Waals surface area contributed by atoms with Crippen molar-refractivity contribution < 1.29 is 4.79 Å². The van der Waals surface area contributed by atoms with E-state index < -0.39 is 0 Å². The van der Waals surface area contributed by atoms with Gasteiger partial charge in [-0.2, -0.15) is 0 Å². The molecule has 3 N–H and O–H groups in total. The quantitative estimate of drug-likeness (QED) is 0.816. The number of hydrogen-bond acceptors (Lipinski definition) is 3. The molecular formula is C14H22BrN3O. The van der Waals surface area contributed by atoms with Crippen LogP contribution in [0.3, 0.4) is 0 Å². The number of nitrogens with one attached hydrogen (secondary N) is 1. The van der Waals surface area contributed by atoms with E-state index >= 15 is 0 Å². The summed E-state index contributed by atoms with van der Waals surface area (Å²) in [5.41, 5.74) is 6.88. The number of likely N-dealkylation sites (N-methyl/N-ethyl adjacent to an activating group) is 1. The summed E-state index contributed by atoms with van der Waals surface area (Å²) in [7, 11) is 3.99. The molecular weight excluding hydrogens is 306 g/mol. The Morgan fingerprint density at radius 1 is 1.42 bits per heavy atom. The zero-order valence-corrected chi connectivity index (χ0v) is 13.5. The molecule has 0 heterocycles. The number of nitrogens with two attached hydrogens (primary N) is 1. The van der Waals surface area contributed by atoms with Crippen LogP contribution in [0.5, 0.6) is 0 Å². The Balaban J connectivity index is 2.81. The molecule has 0 aliphatic heterocycles. The largest absolute Gasteiger partial charge is 0.398 e. The molecule has 1 atom stereocenters. The number of hydrogen-bond donors (Lipinski definition) is 2. The number of amides is 1.